The number of alkyl halides is 3. The molecule has 0 saturated heterocycles. The molecule has 3 heterocycles. The van der Waals surface area contributed by atoms with Crippen molar-refractivity contribution in [2.24, 2.45) is 0 Å². The van der Waals surface area contributed by atoms with Gasteiger partial charge in [0.25, 0.3) is 0 Å². The first-order valence-corrected chi connectivity index (χ1v) is 11.9. The number of rotatable bonds is 4. The molecule has 0 aliphatic heterocycles. The van der Waals surface area contributed by atoms with Crippen molar-refractivity contribution in [2.75, 3.05) is 19.1 Å². The lowest BCUT2D eigenvalue weighted by Gasteiger charge is -2.11. The van der Waals surface area contributed by atoms with E-state index in [0.717, 1.165) is 16.7 Å². The predicted molar refractivity (Wildman–Crippen MR) is 124 cm³/mol. The van der Waals surface area contributed by atoms with Gasteiger partial charge in [0.2, 0.25) is 0 Å². The van der Waals surface area contributed by atoms with Crippen LogP contribution in [0, 0.1) is 6.92 Å². The van der Waals surface area contributed by atoms with Crippen LogP contribution in [0.25, 0.3) is 28.2 Å². The summed E-state index contributed by atoms with van der Waals surface area (Å²) in [5, 5.41) is 7.12. The number of nitrogen functional groups attached to an aromatic ring is 1. The van der Waals surface area contributed by atoms with Gasteiger partial charge in [0.1, 0.15) is 5.75 Å². The Morgan fingerprint density at radius 1 is 1.17 bits per heavy atom. The minimum absolute atomic E-state index is 0.242. The Kier molecular flexibility index (Phi) is 7.20. The number of halogens is 3. The number of carbonyl (C=O) groups is 1. The van der Waals surface area contributed by atoms with Gasteiger partial charge >= 0.3 is 12.1 Å². The number of anilines is 1. The number of sulfone groups is 1. The summed E-state index contributed by atoms with van der Waals surface area (Å²) in [5.41, 5.74) is 10.4. The normalized spacial score (nSPS) is 11.6. The molecule has 0 aliphatic rings. The van der Waals surface area contributed by atoms with Crippen LogP contribution in [-0.2, 0) is 14.6 Å². The predicted octanol–water partition coefficient (Wildman–Crippen LogP) is 3.39. The number of methoxy groups -OCH3 is 1. The molecule has 0 radical (unpaired) electrons. The van der Waals surface area contributed by atoms with Crippen LogP contribution in [-0.4, -0.2) is 58.4 Å². The molecule has 0 unspecified atom stereocenters. The van der Waals surface area contributed by atoms with Gasteiger partial charge < -0.3 is 15.6 Å². The summed E-state index contributed by atoms with van der Waals surface area (Å²) in [5.74, 6) is -1.94. The molecule has 3 N–H and O–H groups in total. The number of aryl methyl sites for hydroxylation is 1. The van der Waals surface area contributed by atoms with E-state index in [1.54, 1.807) is 56.2 Å². The topological polar surface area (TPSA) is 150 Å². The number of nitrogens with two attached hydrogens (primary N) is 1. The lowest BCUT2D eigenvalue weighted by atomic mass is 10.1. The van der Waals surface area contributed by atoms with E-state index in [1.807, 2.05) is 11.3 Å². The molecule has 14 heteroatoms. The van der Waals surface area contributed by atoms with Crippen LogP contribution in [0.3, 0.4) is 0 Å². The second-order valence-corrected chi connectivity index (χ2v) is 9.49. The molecule has 0 atom stereocenters. The Morgan fingerprint density at radius 2 is 1.83 bits per heavy atom. The van der Waals surface area contributed by atoms with Crippen LogP contribution in [0.15, 0.2) is 53.9 Å². The van der Waals surface area contributed by atoms with E-state index in [1.165, 1.54) is 6.26 Å². The van der Waals surface area contributed by atoms with Gasteiger partial charge in [-0.15, -0.1) is 0 Å². The molecule has 0 amide bonds. The number of imidazole rings is 1. The fourth-order valence-corrected chi connectivity index (χ4v) is 3.85. The van der Waals surface area contributed by atoms with Crippen molar-refractivity contribution in [1.29, 1.82) is 0 Å². The number of carboxylic acids is 1. The van der Waals surface area contributed by atoms with Gasteiger partial charge in [0, 0.05) is 29.8 Å². The summed E-state index contributed by atoms with van der Waals surface area (Å²) < 4.78 is 63.0. The number of ether oxygens (including phenoxy) is 1. The molecule has 3 aromatic heterocycles. The van der Waals surface area contributed by atoms with Crippen molar-refractivity contribution < 1.29 is 36.2 Å². The first kappa shape index (κ1) is 26.4. The zero-order valence-electron chi connectivity index (χ0n) is 19.1. The van der Waals surface area contributed by atoms with E-state index >= 15 is 0 Å². The zero-order chi connectivity index (χ0) is 26.8. The number of carboxylic acid groups (broad SMARTS) is 1. The molecule has 190 valence electrons. The largest absolute Gasteiger partial charge is 0.494 e. The van der Waals surface area contributed by atoms with E-state index in [9.17, 15) is 21.6 Å². The van der Waals surface area contributed by atoms with Crippen molar-refractivity contribution in [1.82, 2.24) is 19.4 Å². The molecule has 0 fully saturated rings. The van der Waals surface area contributed by atoms with Gasteiger partial charge in [-0.2, -0.15) is 13.2 Å². The highest BCUT2D eigenvalue weighted by Crippen LogP contribution is 2.32. The third-order valence-corrected chi connectivity index (χ3v) is 6.06. The Balaban J connectivity index is 0.000000454. The standard InChI is InChI=1S/C20H19N5O3S.C2HF3O2/c1-12-4-5-13(29(3,26)27)8-15(12)17-9-23-20-19(21)24-16(11-25(17)20)14-6-7-22-10-18(14)28-2;3-2(4,5)1(6)7/h4-11H,1-3H3,(H2,21,24);(H,6,7). The average molecular weight is 523 g/mol. The van der Waals surface area contributed by atoms with Crippen LogP contribution >= 0.6 is 0 Å². The molecule has 4 aromatic rings. The molecular formula is C22H20F3N5O5S. The van der Waals surface area contributed by atoms with Gasteiger partial charge in [-0.25, -0.2) is 23.2 Å². The van der Waals surface area contributed by atoms with Crippen LogP contribution in [0.2, 0.25) is 0 Å². The van der Waals surface area contributed by atoms with E-state index in [0.29, 0.717) is 22.8 Å². The summed E-state index contributed by atoms with van der Waals surface area (Å²) in [4.78, 5) is 22.0. The fraction of sp³-hybridized carbons (Fsp3) is 0.182. The number of hydrogen-bond acceptors (Lipinski definition) is 8. The number of hydrogen-bond donors (Lipinski definition) is 2. The van der Waals surface area contributed by atoms with Gasteiger partial charge in [0.05, 0.1) is 35.8 Å². The maximum atomic E-state index is 12.0. The maximum Gasteiger partial charge on any atom is 0.490 e. The Hall–Kier alpha value is -4.20. The Bertz CT molecular complexity index is 1550. The molecule has 0 saturated carbocycles. The first-order valence-electron chi connectivity index (χ1n) is 9.97. The van der Waals surface area contributed by atoms with Gasteiger partial charge in [-0.3, -0.25) is 9.38 Å². The highest BCUT2D eigenvalue weighted by atomic mass is 32.2. The average Bonchev–Trinajstić information content (AvgIpc) is 3.22. The summed E-state index contributed by atoms with van der Waals surface area (Å²) >= 11 is 0. The summed E-state index contributed by atoms with van der Waals surface area (Å²) in [6.07, 6.45) is 2.82. The molecule has 36 heavy (non-hydrogen) atoms. The van der Waals surface area contributed by atoms with E-state index < -0.39 is 22.0 Å². The lowest BCUT2D eigenvalue weighted by Crippen LogP contribution is -2.21. The molecule has 0 bridgehead atoms. The minimum atomic E-state index is -5.08. The highest BCUT2D eigenvalue weighted by Gasteiger charge is 2.38. The molecule has 0 aliphatic carbocycles. The van der Waals surface area contributed by atoms with Crippen molar-refractivity contribution in [3.05, 3.63) is 54.6 Å². The van der Waals surface area contributed by atoms with Gasteiger partial charge in [-0.1, -0.05) is 6.07 Å². The summed E-state index contributed by atoms with van der Waals surface area (Å²) in [7, 11) is -1.78. The Labute approximate surface area is 203 Å². The van der Waals surface area contributed by atoms with Crippen LogP contribution in [0.5, 0.6) is 5.75 Å². The SMILES string of the molecule is COc1cnccc1-c1cn2c(-c3cc(S(C)(=O)=O)ccc3C)cnc2c(N)n1.O=C(O)C(F)(F)F. The van der Waals surface area contributed by atoms with Crippen LogP contribution < -0.4 is 10.5 Å². The second-order valence-electron chi connectivity index (χ2n) is 7.48. The molecule has 10 nitrogen and oxygen atoms in total. The van der Waals surface area contributed by atoms with Crippen LogP contribution in [0.4, 0.5) is 19.0 Å². The van der Waals surface area contributed by atoms with Crippen molar-refractivity contribution in [3.8, 4) is 28.3 Å². The van der Waals surface area contributed by atoms with Crippen molar-refractivity contribution >= 4 is 27.3 Å². The number of benzene rings is 1. The fourth-order valence-electron chi connectivity index (χ4n) is 3.20. The number of nitrogens with zero attached hydrogens (tertiary/aromatic N) is 4. The molecular weight excluding hydrogens is 503 g/mol. The van der Waals surface area contributed by atoms with Crippen molar-refractivity contribution in [2.45, 2.75) is 18.0 Å². The number of fused-ring (bicyclic) bond motifs is 1. The summed E-state index contributed by atoms with van der Waals surface area (Å²) in [6.45, 7) is 1.91. The van der Waals surface area contributed by atoms with E-state index in [2.05, 4.69) is 15.0 Å². The summed E-state index contributed by atoms with van der Waals surface area (Å²) in [6, 6.07) is 6.82. The zero-order valence-corrected chi connectivity index (χ0v) is 19.9. The van der Waals surface area contributed by atoms with Crippen LogP contribution in [0.1, 0.15) is 5.56 Å². The molecule has 4 rings (SSSR count). The second kappa shape index (κ2) is 9.81. The minimum Gasteiger partial charge on any atom is -0.494 e. The lowest BCUT2D eigenvalue weighted by molar-refractivity contribution is -0.192. The Morgan fingerprint density at radius 3 is 2.42 bits per heavy atom. The maximum absolute atomic E-state index is 12.0. The van der Waals surface area contributed by atoms with Gasteiger partial charge in [0.15, 0.2) is 21.3 Å². The highest BCUT2D eigenvalue weighted by molar-refractivity contribution is 7.90. The number of aliphatic carboxylic acids is 1. The van der Waals surface area contributed by atoms with E-state index in [4.69, 9.17) is 20.4 Å². The third-order valence-electron chi connectivity index (χ3n) is 4.95. The van der Waals surface area contributed by atoms with Gasteiger partial charge in [-0.05, 0) is 30.7 Å². The molecule has 1 aromatic carbocycles. The van der Waals surface area contributed by atoms with E-state index in [-0.39, 0.29) is 10.7 Å². The number of aromatic nitrogens is 4. The first-order chi connectivity index (χ1) is 16.7. The number of pyridine rings is 1. The smallest absolute Gasteiger partial charge is 0.490 e. The quantitative estimate of drug-likeness (QED) is 0.410. The molecule has 0 spiro atoms. The third kappa shape index (κ3) is 5.54. The monoisotopic (exact) mass is 523 g/mol. The van der Waals surface area contributed by atoms with Crippen molar-refractivity contribution in [3.63, 3.8) is 0 Å².